The van der Waals surface area contributed by atoms with Crippen LogP contribution in [0.15, 0.2) is 102 Å². The molecule has 4 aromatic carbocycles. The summed E-state index contributed by atoms with van der Waals surface area (Å²) in [6.07, 6.45) is 0. The lowest BCUT2D eigenvalue weighted by Crippen LogP contribution is -2.13. The van der Waals surface area contributed by atoms with Crippen LogP contribution < -0.4 is 4.90 Å². The molecule has 0 aliphatic heterocycles. The lowest BCUT2D eigenvalue weighted by Gasteiger charge is -2.27. The second kappa shape index (κ2) is 8.72. The van der Waals surface area contributed by atoms with Crippen molar-refractivity contribution in [2.24, 2.45) is 0 Å². The van der Waals surface area contributed by atoms with E-state index in [1.807, 2.05) is 0 Å². The first-order chi connectivity index (χ1) is 14.8. The van der Waals surface area contributed by atoms with Gasteiger partial charge in [-0.25, -0.2) is 0 Å². The van der Waals surface area contributed by atoms with Crippen molar-refractivity contribution < 1.29 is 0 Å². The molecular weight excluding hydrogens is 442 g/mol. The number of hydrogen-bond acceptors (Lipinski definition) is 1. The Hall–Kier alpha value is -2.84. The molecule has 0 unspecified atom stereocenters. The van der Waals surface area contributed by atoms with Crippen molar-refractivity contribution in [3.8, 4) is 11.1 Å². The van der Waals surface area contributed by atoms with Crippen molar-refractivity contribution in [3.05, 3.63) is 113 Å². The van der Waals surface area contributed by atoms with E-state index < -0.39 is 0 Å². The Bertz CT molecular complexity index is 1170. The number of aryl methyl sites for hydroxylation is 1. The van der Waals surface area contributed by atoms with Crippen molar-refractivity contribution in [2.45, 2.75) is 33.1 Å². The summed E-state index contributed by atoms with van der Waals surface area (Å²) in [5, 5.41) is 0. The van der Waals surface area contributed by atoms with Gasteiger partial charge in [0, 0.05) is 21.5 Å². The van der Waals surface area contributed by atoms with Gasteiger partial charge >= 0.3 is 0 Å². The van der Waals surface area contributed by atoms with Gasteiger partial charge in [-0.15, -0.1) is 0 Å². The summed E-state index contributed by atoms with van der Waals surface area (Å²) < 4.78 is 1.09. The summed E-state index contributed by atoms with van der Waals surface area (Å²) >= 11 is 3.60. The molecule has 0 heterocycles. The van der Waals surface area contributed by atoms with E-state index in [0.717, 1.165) is 21.5 Å². The van der Waals surface area contributed by atoms with Gasteiger partial charge in [0.25, 0.3) is 0 Å². The lowest BCUT2D eigenvalue weighted by molar-refractivity contribution is 0.590. The Morgan fingerprint density at radius 2 is 1.16 bits per heavy atom. The third kappa shape index (κ3) is 4.91. The van der Waals surface area contributed by atoms with Crippen molar-refractivity contribution >= 4 is 33.0 Å². The van der Waals surface area contributed by atoms with Crippen LogP contribution in [0.2, 0.25) is 0 Å². The minimum absolute atomic E-state index is 0.133. The van der Waals surface area contributed by atoms with E-state index in [9.17, 15) is 0 Å². The van der Waals surface area contributed by atoms with Gasteiger partial charge in [0.1, 0.15) is 0 Å². The van der Waals surface area contributed by atoms with Crippen LogP contribution >= 0.6 is 15.9 Å². The van der Waals surface area contributed by atoms with E-state index in [-0.39, 0.29) is 5.41 Å². The molecule has 4 aromatic rings. The maximum Gasteiger partial charge on any atom is 0.0467 e. The highest BCUT2D eigenvalue weighted by Gasteiger charge is 2.16. The second-order valence-corrected chi connectivity index (χ2v) is 9.94. The molecule has 0 amide bonds. The Morgan fingerprint density at radius 3 is 1.74 bits per heavy atom. The fraction of sp³-hybridized carbons (Fsp3) is 0.172. The summed E-state index contributed by atoms with van der Waals surface area (Å²) in [6, 6.07) is 34.9. The SMILES string of the molecule is Cc1ccc(N(c2ccc(C(C)(C)C)cc2)c2cccc(-c3cccc(Br)c3)c2)cc1. The van der Waals surface area contributed by atoms with Gasteiger partial charge in [-0.3, -0.25) is 0 Å². The Kier molecular flexibility index (Phi) is 6.02. The molecule has 0 spiro atoms. The summed E-state index contributed by atoms with van der Waals surface area (Å²) in [7, 11) is 0. The Balaban J connectivity index is 1.82. The molecule has 0 N–H and O–H groups in total. The van der Waals surface area contributed by atoms with E-state index in [1.54, 1.807) is 0 Å². The van der Waals surface area contributed by atoms with Crippen LogP contribution in [0.5, 0.6) is 0 Å². The number of nitrogens with zero attached hydrogens (tertiary/aromatic N) is 1. The smallest absolute Gasteiger partial charge is 0.0467 e. The second-order valence-electron chi connectivity index (χ2n) is 9.03. The Morgan fingerprint density at radius 1 is 0.613 bits per heavy atom. The molecule has 1 nitrogen and oxygen atoms in total. The number of benzene rings is 4. The molecule has 2 heteroatoms. The van der Waals surface area contributed by atoms with Gasteiger partial charge in [0.15, 0.2) is 0 Å². The van der Waals surface area contributed by atoms with Gasteiger partial charge in [-0.05, 0) is 77.6 Å². The van der Waals surface area contributed by atoms with Gasteiger partial charge < -0.3 is 4.90 Å². The zero-order valence-corrected chi connectivity index (χ0v) is 20.1. The number of halogens is 1. The summed E-state index contributed by atoms with van der Waals surface area (Å²) in [4.78, 5) is 2.33. The number of rotatable bonds is 4. The van der Waals surface area contributed by atoms with Crippen molar-refractivity contribution in [1.29, 1.82) is 0 Å². The third-order valence-electron chi connectivity index (χ3n) is 5.55. The molecule has 4 rings (SSSR count). The standard InChI is InChI=1S/C29H28BrN/c1-21-11-15-26(16-12-21)31(27-17-13-24(14-18-27)29(2,3)4)28-10-6-8-23(20-28)22-7-5-9-25(30)19-22/h5-20H,1-4H3. The summed E-state index contributed by atoms with van der Waals surface area (Å²) in [5.41, 5.74) is 8.57. The molecular formula is C29H28BrN. The zero-order chi connectivity index (χ0) is 22.0. The number of hydrogen-bond donors (Lipinski definition) is 0. The third-order valence-corrected chi connectivity index (χ3v) is 6.04. The maximum absolute atomic E-state index is 3.60. The molecule has 0 saturated carbocycles. The molecule has 0 saturated heterocycles. The van der Waals surface area contributed by atoms with E-state index >= 15 is 0 Å². The minimum atomic E-state index is 0.133. The maximum atomic E-state index is 3.60. The van der Waals surface area contributed by atoms with Gasteiger partial charge in [0.05, 0.1) is 0 Å². The Labute approximate surface area is 194 Å². The van der Waals surface area contributed by atoms with E-state index in [2.05, 4.69) is 146 Å². The van der Waals surface area contributed by atoms with Crippen LogP contribution in [-0.2, 0) is 5.41 Å². The van der Waals surface area contributed by atoms with Crippen LogP contribution in [0, 0.1) is 6.92 Å². The van der Waals surface area contributed by atoms with Crippen molar-refractivity contribution in [1.82, 2.24) is 0 Å². The predicted molar refractivity (Wildman–Crippen MR) is 138 cm³/mol. The highest BCUT2D eigenvalue weighted by atomic mass is 79.9. The molecule has 156 valence electrons. The fourth-order valence-electron chi connectivity index (χ4n) is 3.74. The van der Waals surface area contributed by atoms with Crippen LogP contribution in [0.3, 0.4) is 0 Å². The van der Waals surface area contributed by atoms with Gasteiger partial charge in [0.2, 0.25) is 0 Å². The molecule has 0 aromatic heterocycles. The molecule has 0 bridgehead atoms. The van der Waals surface area contributed by atoms with E-state index in [4.69, 9.17) is 0 Å². The molecule has 0 fully saturated rings. The average molecular weight is 470 g/mol. The minimum Gasteiger partial charge on any atom is -0.310 e. The van der Waals surface area contributed by atoms with Crippen LogP contribution in [0.4, 0.5) is 17.1 Å². The molecule has 0 radical (unpaired) electrons. The quantitative estimate of drug-likeness (QED) is 0.287. The zero-order valence-electron chi connectivity index (χ0n) is 18.6. The van der Waals surface area contributed by atoms with Crippen LogP contribution in [-0.4, -0.2) is 0 Å². The predicted octanol–water partition coefficient (Wildman–Crippen LogP) is 9.19. The van der Waals surface area contributed by atoms with Gasteiger partial charge in [-0.2, -0.15) is 0 Å². The van der Waals surface area contributed by atoms with Crippen LogP contribution in [0.25, 0.3) is 11.1 Å². The highest BCUT2D eigenvalue weighted by molar-refractivity contribution is 9.10. The number of anilines is 3. The largest absolute Gasteiger partial charge is 0.310 e. The first kappa shape index (κ1) is 21.4. The molecule has 0 aliphatic carbocycles. The average Bonchev–Trinajstić information content (AvgIpc) is 2.75. The summed E-state index contributed by atoms with van der Waals surface area (Å²) in [5.74, 6) is 0. The molecule has 0 aliphatic rings. The topological polar surface area (TPSA) is 3.24 Å². The van der Waals surface area contributed by atoms with Crippen molar-refractivity contribution in [3.63, 3.8) is 0 Å². The van der Waals surface area contributed by atoms with E-state index in [0.29, 0.717) is 0 Å². The lowest BCUT2D eigenvalue weighted by atomic mass is 9.87. The molecule has 31 heavy (non-hydrogen) atoms. The summed E-state index contributed by atoms with van der Waals surface area (Å²) in [6.45, 7) is 8.88. The van der Waals surface area contributed by atoms with Gasteiger partial charge in [-0.1, -0.05) is 90.8 Å². The van der Waals surface area contributed by atoms with E-state index in [1.165, 1.54) is 22.3 Å². The van der Waals surface area contributed by atoms with Crippen LogP contribution in [0.1, 0.15) is 31.9 Å². The normalized spacial score (nSPS) is 11.4. The fourth-order valence-corrected chi connectivity index (χ4v) is 4.14. The van der Waals surface area contributed by atoms with Crippen molar-refractivity contribution in [2.75, 3.05) is 4.90 Å². The molecule has 0 atom stereocenters. The first-order valence-corrected chi connectivity index (χ1v) is 11.4. The first-order valence-electron chi connectivity index (χ1n) is 10.6. The highest BCUT2D eigenvalue weighted by Crippen LogP contribution is 2.37. The monoisotopic (exact) mass is 469 g/mol.